The van der Waals surface area contributed by atoms with E-state index in [9.17, 15) is 19.5 Å². The molecule has 0 bridgehead atoms. The number of ether oxygens (including phenoxy) is 2. The molecular formula is C42H46N2O6. The number of amides is 2. The van der Waals surface area contributed by atoms with Gasteiger partial charge in [-0.15, -0.1) is 0 Å². The molecular weight excluding hydrogens is 628 g/mol. The van der Waals surface area contributed by atoms with Gasteiger partial charge in [-0.25, -0.2) is 0 Å². The van der Waals surface area contributed by atoms with E-state index in [1.54, 1.807) is 29.2 Å². The van der Waals surface area contributed by atoms with E-state index < -0.39 is 24.0 Å². The van der Waals surface area contributed by atoms with Crippen LogP contribution in [-0.2, 0) is 26.2 Å². The number of nitrogens with one attached hydrogen (secondary N) is 1. The lowest BCUT2D eigenvalue weighted by atomic mass is 9.87. The number of carbonyl (C=O) groups excluding carboxylic acids is 2. The number of para-hydroxylation sites is 1. The maximum Gasteiger partial charge on any atom is 0.305 e. The average molecular weight is 675 g/mol. The average Bonchev–Trinajstić information content (AvgIpc) is 3.61. The standard InChI is InChI=1S/C42H46N2O6/c1-42(2,3)31-15-19-34(20-16-31)50-35-21-22-36-30(26-35)23-24-44(38(45)25-28-9-7-8-10-28)40(36)41(48)43-37(27-39(46)47)29-13-17-33(18-14-29)49-32-11-5-4-6-12-32/h4-6,11-22,26,28,37,40H,7-10,23-25,27H2,1-3H3,(H,43,48)(H,46,47). The largest absolute Gasteiger partial charge is 0.481 e. The number of nitrogens with zero attached hydrogens (tertiary/aromatic N) is 1. The molecule has 50 heavy (non-hydrogen) atoms. The maximum atomic E-state index is 14.3. The molecule has 4 aromatic carbocycles. The van der Waals surface area contributed by atoms with Gasteiger partial charge in [0.15, 0.2) is 0 Å². The number of carboxylic acid groups (broad SMARTS) is 1. The summed E-state index contributed by atoms with van der Waals surface area (Å²) in [7, 11) is 0. The maximum absolute atomic E-state index is 14.3. The summed E-state index contributed by atoms with van der Waals surface area (Å²) in [6, 6.07) is 28.4. The quantitative estimate of drug-likeness (QED) is 0.165. The van der Waals surface area contributed by atoms with Gasteiger partial charge in [0.2, 0.25) is 11.8 Å². The van der Waals surface area contributed by atoms with Crippen LogP contribution in [0.1, 0.15) is 93.6 Å². The molecule has 0 aromatic heterocycles. The third-order valence-electron chi connectivity index (χ3n) is 9.76. The number of aliphatic carboxylic acids is 1. The van der Waals surface area contributed by atoms with E-state index in [2.05, 4.69) is 38.2 Å². The van der Waals surface area contributed by atoms with Crippen LogP contribution in [0, 0.1) is 5.92 Å². The van der Waals surface area contributed by atoms with Crippen molar-refractivity contribution in [2.24, 2.45) is 5.92 Å². The predicted octanol–water partition coefficient (Wildman–Crippen LogP) is 8.91. The Bertz CT molecular complexity index is 1790. The molecule has 0 saturated heterocycles. The molecule has 2 unspecified atom stereocenters. The Morgan fingerprint density at radius 1 is 0.820 bits per heavy atom. The van der Waals surface area contributed by atoms with E-state index in [0.717, 1.165) is 36.8 Å². The Kier molecular flexibility index (Phi) is 10.6. The molecule has 1 heterocycles. The highest BCUT2D eigenvalue weighted by molar-refractivity contribution is 5.90. The molecule has 2 aliphatic rings. The van der Waals surface area contributed by atoms with Crippen LogP contribution in [-0.4, -0.2) is 34.3 Å². The number of hydrogen-bond acceptors (Lipinski definition) is 5. The van der Waals surface area contributed by atoms with Gasteiger partial charge in [-0.1, -0.05) is 82.1 Å². The first-order valence-electron chi connectivity index (χ1n) is 17.6. The smallest absolute Gasteiger partial charge is 0.305 e. The third-order valence-corrected chi connectivity index (χ3v) is 9.76. The van der Waals surface area contributed by atoms with Gasteiger partial charge in [0.1, 0.15) is 29.0 Å². The first-order valence-corrected chi connectivity index (χ1v) is 17.6. The Hall–Kier alpha value is -5.11. The molecule has 1 fully saturated rings. The Balaban J connectivity index is 1.25. The van der Waals surface area contributed by atoms with E-state index in [1.165, 1.54) is 5.56 Å². The van der Waals surface area contributed by atoms with Crippen LogP contribution in [0.2, 0.25) is 0 Å². The van der Waals surface area contributed by atoms with Crippen LogP contribution in [0.4, 0.5) is 0 Å². The number of fused-ring (bicyclic) bond motifs is 1. The SMILES string of the molecule is CC(C)(C)c1ccc(Oc2ccc3c(c2)CCN(C(=O)CC2CCCC2)C3C(=O)NC(CC(=O)O)c2ccc(Oc3ccccc3)cc2)cc1. The predicted molar refractivity (Wildman–Crippen MR) is 192 cm³/mol. The van der Waals surface area contributed by atoms with Gasteiger partial charge in [-0.05, 0) is 101 Å². The molecule has 260 valence electrons. The van der Waals surface area contributed by atoms with E-state index in [-0.39, 0.29) is 17.7 Å². The number of rotatable bonds is 11. The fourth-order valence-corrected chi connectivity index (χ4v) is 7.03. The van der Waals surface area contributed by atoms with Gasteiger partial charge < -0.3 is 24.8 Å². The van der Waals surface area contributed by atoms with Gasteiger partial charge in [-0.2, -0.15) is 0 Å². The monoisotopic (exact) mass is 674 g/mol. The molecule has 1 saturated carbocycles. The first-order chi connectivity index (χ1) is 24.0. The Morgan fingerprint density at radius 3 is 2.06 bits per heavy atom. The molecule has 0 radical (unpaired) electrons. The molecule has 4 aromatic rings. The zero-order chi connectivity index (χ0) is 35.3. The third kappa shape index (κ3) is 8.54. The second-order valence-corrected chi connectivity index (χ2v) is 14.5. The molecule has 8 nitrogen and oxygen atoms in total. The molecule has 2 atom stereocenters. The molecule has 0 spiro atoms. The molecule has 1 aliphatic heterocycles. The Morgan fingerprint density at radius 2 is 1.42 bits per heavy atom. The van der Waals surface area contributed by atoms with Crippen LogP contribution < -0.4 is 14.8 Å². The summed E-state index contributed by atoms with van der Waals surface area (Å²) in [4.78, 5) is 41.8. The van der Waals surface area contributed by atoms with E-state index in [1.807, 2.05) is 60.7 Å². The van der Waals surface area contributed by atoms with Crippen molar-refractivity contribution in [1.82, 2.24) is 10.2 Å². The lowest BCUT2D eigenvalue weighted by Crippen LogP contribution is -2.48. The molecule has 8 heteroatoms. The van der Waals surface area contributed by atoms with Crippen molar-refractivity contribution >= 4 is 17.8 Å². The highest BCUT2D eigenvalue weighted by Crippen LogP contribution is 2.37. The molecule has 2 N–H and O–H groups in total. The molecule has 2 amide bonds. The number of hydrogen-bond donors (Lipinski definition) is 2. The topological polar surface area (TPSA) is 105 Å². The second kappa shape index (κ2) is 15.2. The van der Waals surface area contributed by atoms with Crippen LogP contribution in [0.25, 0.3) is 0 Å². The highest BCUT2D eigenvalue weighted by atomic mass is 16.5. The van der Waals surface area contributed by atoms with Gasteiger partial charge in [0.05, 0.1) is 12.5 Å². The van der Waals surface area contributed by atoms with Crippen molar-refractivity contribution in [1.29, 1.82) is 0 Å². The Labute approximate surface area is 294 Å². The zero-order valence-electron chi connectivity index (χ0n) is 29.1. The summed E-state index contributed by atoms with van der Waals surface area (Å²) >= 11 is 0. The lowest BCUT2D eigenvalue weighted by Gasteiger charge is -2.38. The zero-order valence-corrected chi connectivity index (χ0v) is 29.1. The lowest BCUT2D eigenvalue weighted by molar-refractivity contribution is -0.143. The van der Waals surface area contributed by atoms with E-state index >= 15 is 0 Å². The van der Waals surface area contributed by atoms with Crippen LogP contribution in [0.15, 0.2) is 97.1 Å². The summed E-state index contributed by atoms with van der Waals surface area (Å²) in [6.07, 6.45) is 4.96. The molecule has 6 rings (SSSR count). The van der Waals surface area contributed by atoms with Crippen molar-refractivity contribution < 1.29 is 29.0 Å². The normalized spacial score (nSPS) is 16.7. The van der Waals surface area contributed by atoms with Gasteiger partial charge in [-0.3, -0.25) is 14.4 Å². The number of carboxylic acids is 1. The summed E-state index contributed by atoms with van der Waals surface area (Å²) in [5.74, 6) is 1.47. The van der Waals surface area contributed by atoms with Gasteiger partial charge >= 0.3 is 5.97 Å². The minimum absolute atomic E-state index is 0.0325. The summed E-state index contributed by atoms with van der Waals surface area (Å²) in [6.45, 7) is 6.89. The number of carbonyl (C=O) groups is 3. The summed E-state index contributed by atoms with van der Waals surface area (Å²) < 4.78 is 12.1. The van der Waals surface area contributed by atoms with Crippen molar-refractivity contribution in [3.63, 3.8) is 0 Å². The van der Waals surface area contributed by atoms with Crippen molar-refractivity contribution in [3.05, 3.63) is 119 Å². The summed E-state index contributed by atoms with van der Waals surface area (Å²) in [5, 5.41) is 12.8. The molecule has 1 aliphatic carbocycles. The van der Waals surface area contributed by atoms with Gasteiger partial charge in [0.25, 0.3) is 0 Å². The van der Waals surface area contributed by atoms with E-state index in [4.69, 9.17) is 9.47 Å². The fourth-order valence-electron chi connectivity index (χ4n) is 7.03. The van der Waals surface area contributed by atoms with Crippen LogP contribution in [0.5, 0.6) is 23.0 Å². The fraction of sp³-hybridized carbons (Fsp3) is 0.357. The summed E-state index contributed by atoms with van der Waals surface area (Å²) in [5.41, 5.74) is 3.53. The van der Waals surface area contributed by atoms with Crippen LogP contribution in [0.3, 0.4) is 0 Å². The minimum Gasteiger partial charge on any atom is -0.481 e. The van der Waals surface area contributed by atoms with Gasteiger partial charge in [0, 0.05) is 13.0 Å². The number of benzene rings is 4. The van der Waals surface area contributed by atoms with E-state index in [0.29, 0.717) is 53.9 Å². The van der Waals surface area contributed by atoms with Crippen molar-refractivity contribution in [2.45, 2.75) is 83.2 Å². The van der Waals surface area contributed by atoms with Crippen molar-refractivity contribution in [2.75, 3.05) is 6.54 Å². The van der Waals surface area contributed by atoms with Crippen molar-refractivity contribution in [3.8, 4) is 23.0 Å². The minimum atomic E-state index is -1.05. The van der Waals surface area contributed by atoms with Crippen LogP contribution >= 0.6 is 0 Å². The second-order valence-electron chi connectivity index (χ2n) is 14.5. The highest BCUT2D eigenvalue weighted by Gasteiger charge is 2.38. The first kappa shape index (κ1) is 34.7.